The molecule has 0 radical (unpaired) electrons. The van der Waals surface area contributed by atoms with E-state index in [-0.39, 0.29) is 5.54 Å². The lowest BCUT2D eigenvalue weighted by atomic mass is 10.0. The fourth-order valence-corrected chi connectivity index (χ4v) is 1.32. The Labute approximate surface area is 125 Å². The van der Waals surface area contributed by atoms with Gasteiger partial charge in [-0.2, -0.15) is 0 Å². The Hall–Kier alpha value is -1.15. The maximum absolute atomic E-state index is 5.53. The Morgan fingerprint density at radius 2 is 1.70 bits per heavy atom. The molecule has 0 unspecified atom stereocenters. The zero-order valence-corrected chi connectivity index (χ0v) is 14.1. The topological polar surface area (TPSA) is 38.4 Å². The van der Waals surface area contributed by atoms with Gasteiger partial charge in [-0.1, -0.05) is 57.0 Å². The van der Waals surface area contributed by atoms with Crippen LogP contribution in [0.4, 0.5) is 0 Å². The van der Waals surface area contributed by atoms with E-state index in [1.54, 1.807) is 0 Å². The highest BCUT2D eigenvalue weighted by Crippen LogP contribution is 2.13. The average Bonchev–Trinajstić information content (AvgIpc) is 2.39. The summed E-state index contributed by atoms with van der Waals surface area (Å²) in [6, 6.07) is 8.35. The molecule has 1 aromatic carbocycles. The summed E-state index contributed by atoms with van der Waals surface area (Å²) in [4.78, 5) is 4.54. The summed E-state index contributed by atoms with van der Waals surface area (Å²) in [6.45, 7) is 13.6. The third-order valence-corrected chi connectivity index (χ3v) is 3.21. The van der Waals surface area contributed by atoms with Gasteiger partial charge in [0.1, 0.15) is 0 Å². The molecule has 2 N–H and O–H groups in total. The van der Waals surface area contributed by atoms with E-state index in [9.17, 15) is 0 Å². The second-order valence-electron chi connectivity index (χ2n) is 6.32. The summed E-state index contributed by atoms with van der Waals surface area (Å²) >= 11 is 0. The van der Waals surface area contributed by atoms with Gasteiger partial charge in [0.05, 0.1) is 5.54 Å². The number of hydrogen-bond acceptors (Lipinski definition) is 2. The van der Waals surface area contributed by atoms with E-state index in [0.29, 0.717) is 6.54 Å². The van der Waals surface area contributed by atoms with E-state index in [1.165, 1.54) is 12.0 Å². The predicted molar refractivity (Wildman–Crippen MR) is 91.7 cm³/mol. The van der Waals surface area contributed by atoms with Crippen molar-refractivity contribution >= 4 is 6.21 Å². The molecule has 0 saturated heterocycles. The molecule has 0 amide bonds. The van der Waals surface area contributed by atoms with Gasteiger partial charge >= 0.3 is 0 Å². The van der Waals surface area contributed by atoms with Gasteiger partial charge in [-0.3, -0.25) is 4.99 Å². The van der Waals surface area contributed by atoms with E-state index in [0.717, 1.165) is 17.9 Å². The lowest BCUT2D eigenvalue weighted by molar-refractivity contribution is 0.489. The summed E-state index contributed by atoms with van der Waals surface area (Å²) in [5, 5.41) is 0. The minimum absolute atomic E-state index is 0.0559. The molecule has 0 aliphatic heterocycles. The Kier molecular flexibility index (Phi) is 9.15. The molecule has 2 nitrogen and oxygen atoms in total. The Balaban J connectivity index is 0.000000621. The van der Waals surface area contributed by atoms with Gasteiger partial charge in [0.2, 0.25) is 0 Å². The van der Waals surface area contributed by atoms with Crippen LogP contribution >= 0.6 is 0 Å². The lowest BCUT2D eigenvalue weighted by Crippen LogP contribution is -2.21. The second-order valence-corrected chi connectivity index (χ2v) is 6.32. The van der Waals surface area contributed by atoms with Crippen LogP contribution in [0.5, 0.6) is 0 Å². The molecule has 0 aliphatic carbocycles. The van der Waals surface area contributed by atoms with E-state index >= 15 is 0 Å². The summed E-state index contributed by atoms with van der Waals surface area (Å²) in [5.41, 5.74) is 7.89. The molecule has 0 bridgehead atoms. The van der Waals surface area contributed by atoms with Crippen molar-refractivity contribution in [3.63, 3.8) is 0 Å². The van der Waals surface area contributed by atoms with Crippen LogP contribution in [0.25, 0.3) is 0 Å². The highest BCUT2D eigenvalue weighted by Gasteiger charge is 2.12. The monoisotopic (exact) mass is 276 g/mol. The highest BCUT2D eigenvalue weighted by atomic mass is 14.8. The van der Waals surface area contributed by atoms with Crippen LogP contribution in [0.1, 0.15) is 58.6 Å². The molecule has 0 spiro atoms. The summed E-state index contributed by atoms with van der Waals surface area (Å²) in [7, 11) is 0. The molecular weight excluding hydrogens is 244 g/mol. The number of hydrogen-bond donors (Lipinski definition) is 1. The molecular formula is C18H32N2. The molecule has 2 heteroatoms. The molecule has 1 rings (SSSR count). The van der Waals surface area contributed by atoms with Gasteiger partial charge in [-0.05, 0) is 45.2 Å². The lowest BCUT2D eigenvalue weighted by Gasteiger charge is -2.17. The van der Waals surface area contributed by atoms with E-state index in [1.807, 2.05) is 6.21 Å². The number of rotatable bonds is 5. The van der Waals surface area contributed by atoms with E-state index in [2.05, 4.69) is 70.8 Å². The van der Waals surface area contributed by atoms with Crippen molar-refractivity contribution in [3.05, 3.63) is 35.4 Å². The van der Waals surface area contributed by atoms with Gasteiger partial charge in [0.15, 0.2) is 0 Å². The van der Waals surface area contributed by atoms with Gasteiger partial charge < -0.3 is 5.73 Å². The largest absolute Gasteiger partial charge is 0.330 e. The average molecular weight is 276 g/mol. The number of benzene rings is 1. The maximum Gasteiger partial charge on any atom is 0.0564 e. The fourth-order valence-electron chi connectivity index (χ4n) is 1.32. The molecule has 0 saturated carbocycles. The zero-order valence-electron chi connectivity index (χ0n) is 14.1. The summed E-state index contributed by atoms with van der Waals surface area (Å²) < 4.78 is 0. The van der Waals surface area contributed by atoms with Gasteiger partial charge in [-0.25, -0.2) is 0 Å². The van der Waals surface area contributed by atoms with Crippen LogP contribution in [0.2, 0.25) is 0 Å². The smallest absolute Gasteiger partial charge is 0.0564 e. The van der Waals surface area contributed by atoms with Crippen molar-refractivity contribution in [3.8, 4) is 0 Å². The van der Waals surface area contributed by atoms with Crippen LogP contribution in [-0.2, 0) is 0 Å². The number of nitrogens with zero attached hydrogens (tertiary/aromatic N) is 1. The third kappa shape index (κ3) is 9.74. The first-order chi connectivity index (χ1) is 9.30. The second kappa shape index (κ2) is 9.71. The van der Waals surface area contributed by atoms with Crippen molar-refractivity contribution in [2.24, 2.45) is 16.6 Å². The first-order valence-corrected chi connectivity index (χ1v) is 7.62. The van der Waals surface area contributed by atoms with Gasteiger partial charge in [0, 0.05) is 6.21 Å². The van der Waals surface area contributed by atoms with Gasteiger partial charge in [0.25, 0.3) is 0 Å². The Bertz CT molecular complexity index is 375. The summed E-state index contributed by atoms with van der Waals surface area (Å²) in [5.74, 6) is 0.884. The first-order valence-electron chi connectivity index (χ1n) is 7.62. The molecule has 114 valence electrons. The molecule has 0 fully saturated rings. The number of nitrogens with two attached hydrogens (primary N) is 1. The van der Waals surface area contributed by atoms with Crippen molar-refractivity contribution in [1.82, 2.24) is 0 Å². The minimum atomic E-state index is -0.0559. The van der Waals surface area contributed by atoms with E-state index in [4.69, 9.17) is 5.73 Å². The van der Waals surface area contributed by atoms with Crippen molar-refractivity contribution in [1.29, 1.82) is 0 Å². The molecule has 0 heterocycles. The van der Waals surface area contributed by atoms with Crippen LogP contribution in [0.15, 0.2) is 29.3 Å². The summed E-state index contributed by atoms with van der Waals surface area (Å²) in [6.07, 6.45) is 4.14. The number of aryl methyl sites for hydroxylation is 1. The molecule has 0 aliphatic rings. The van der Waals surface area contributed by atoms with E-state index < -0.39 is 0 Å². The number of aliphatic imine (C=N–C) groups is 1. The van der Waals surface area contributed by atoms with Crippen molar-refractivity contribution < 1.29 is 0 Å². The van der Waals surface area contributed by atoms with Gasteiger partial charge in [-0.15, -0.1) is 0 Å². The molecule has 0 atom stereocenters. The van der Waals surface area contributed by atoms with Crippen molar-refractivity contribution in [2.75, 3.05) is 6.54 Å². The fraction of sp³-hybridized carbons (Fsp3) is 0.611. The van der Waals surface area contributed by atoms with Crippen LogP contribution < -0.4 is 5.73 Å². The highest BCUT2D eigenvalue weighted by molar-refractivity contribution is 5.79. The zero-order chi connectivity index (χ0) is 15.6. The maximum atomic E-state index is 5.53. The Morgan fingerprint density at radius 1 is 1.20 bits per heavy atom. The molecule has 0 aromatic heterocycles. The standard InChI is InChI=1S/C13H20N2.C5H12/c1-11-4-6-12(7-5-11)10-15-13(2,3)8-9-14;1-4-5(2)3/h4-7,10H,8-9,14H2,1-3H3;5H,4H2,1-3H3. The van der Waals surface area contributed by atoms with Crippen LogP contribution in [-0.4, -0.2) is 18.3 Å². The normalized spacial score (nSPS) is 11.6. The molecule has 20 heavy (non-hydrogen) atoms. The van der Waals surface area contributed by atoms with Crippen LogP contribution in [0, 0.1) is 12.8 Å². The minimum Gasteiger partial charge on any atom is -0.330 e. The quantitative estimate of drug-likeness (QED) is 0.785. The van der Waals surface area contributed by atoms with Crippen molar-refractivity contribution in [2.45, 2.75) is 59.9 Å². The first kappa shape index (κ1) is 18.9. The predicted octanol–water partition coefficient (Wildman–Crippen LogP) is 4.59. The SMILES string of the molecule is CCC(C)C.Cc1ccc(C=NC(C)(C)CCN)cc1. The Morgan fingerprint density at radius 3 is 2.10 bits per heavy atom. The third-order valence-electron chi connectivity index (χ3n) is 3.21. The molecule has 1 aromatic rings. The van der Waals surface area contributed by atoms with Crippen LogP contribution in [0.3, 0.4) is 0 Å².